The summed E-state index contributed by atoms with van der Waals surface area (Å²) in [5.41, 5.74) is 0.595. The molecule has 94 valence electrons. The van der Waals surface area contributed by atoms with Crippen LogP contribution in [0.4, 0.5) is 0 Å². The molecule has 0 aliphatic rings. The number of Topliss-reactive ketones (excluding diaryl/α,β-unsaturated/α-hetero) is 1. The van der Waals surface area contributed by atoms with Crippen molar-refractivity contribution in [2.24, 2.45) is 0 Å². The fraction of sp³-hybridized carbons (Fsp3) is 0.417. The Hall–Kier alpha value is -0.740. The second kappa shape index (κ2) is 6.87. The van der Waals surface area contributed by atoms with Crippen molar-refractivity contribution < 1.29 is 14.3 Å². The van der Waals surface area contributed by atoms with Crippen molar-refractivity contribution in [2.75, 3.05) is 13.0 Å². The predicted molar refractivity (Wildman–Crippen MR) is 71.7 cm³/mol. The van der Waals surface area contributed by atoms with E-state index >= 15 is 0 Å². The van der Waals surface area contributed by atoms with Crippen molar-refractivity contribution in [3.63, 3.8) is 0 Å². The van der Waals surface area contributed by atoms with Gasteiger partial charge < -0.3 is 9.47 Å². The smallest absolute Gasteiger partial charge is 0.162 e. The van der Waals surface area contributed by atoms with Gasteiger partial charge in [-0.2, -0.15) is 0 Å². The van der Waals surface area contributed by atoms with Crippen LogP contribution in [0.15, 0.2) is 18.2 Å². The van der Waals surface area contributed by atoms with Crippen LogP contribution in [0.3, 0.4) is 0 Å². The molecule has 0 aliphatic carbocycles. The first-order valence-corrected chi connectivity index (χ1v) is 6.59. The zero-order valence-electron chi connectivity index (χ0n) is 9.70. The molecular formula is C12H14BrClO3. The molecule has 0 heterocycles. The van der Waals surface area contributed by atoms with E-state index in [0.29, 0.717) is 29.4 Å². The lowest BCUT2D eigenvalue weighted by Crippen LogP contribution is -2.09. The maximum absolute atomic E-state index is 11.2. The van der Waals surface area contributed by atoms with Crippen LogP contribution in [0.25, 0.3) is 0 Å². The van der Waals surface area contributed by atoms with Crippen LogP contribution in [0.1, 0.15) is 23.7 Å². The van der Waals surface area contributed by atoms with Crippen LogP contribution in [0, 0.1) is 0 Å². The molecule has 0 radical (unpaired) electrons. The summed E-state index contributed by atoms with van der Waals surface area (Å²) >= 11 is 8.97. The van der Waals surface area contributed by atoms with E-state index in [-0.39, 0.29) is 10.8 Å². The van der Waals surface area contributed by atoms with Gasteiger partial charge in [-0.1, -0.05) is 0 Å². The first kappa shape index (κ1) is 14.3. The maximum atomic E-state index is 11.2. The molecule has 1 atom stereocenters. The van der Waals surface area contributed by atoms with Crippen molar-refractivity contribution in [2.45, 2.75) is 18.4 Å². The summed E-state index contributed by atoms with van der Waals surface area (Å²) in [6.45, 7) is 1.51. The number of rotatable bonds is 6. The predicted octanol–water partition coefficient (Wildman–Crippen LogP) is 3.63. The molecule has 0 aromatic heterocycles. The van der Waals surface area contributed by atoms with E-state index in [1.54, 1.807) is 18.2 Å². The lowest BCUT2D eigenvalue weighted by molar-refractivity contribution is 0.101. The van der Waals surface area contributed by atoms with Crippen LogP contribution < -0.4 is 9.47 Å². The molecule has 1 unspecified atom stereocenters. The molecule has 1 rings (SSSR count). The number of benzene rings is 1. The molecule has 0 bridgehead atoms. The second-order valence-corrected chi connectivity index (χ2v) is 4.83. The monoisotopic (exact) mass is 320 g/mol. The van der Waals surface area contributed by atoms with Crippen molar-refractivity contribution >= 4 is 33.3 Å². The fourth-order valence-corrected chi connectivity index (χ4v) is 2.16. The first-order valence-electron chi connectivity index (χ1n) is 5.14. The van der Waals surface area contributed by atoms with Gasteiger partial charge in [0.1, 0.15) is 0 Å². The lowest BCUT2D eigenvalue weighted by Gasteiger charge is -2.15. The molecule has 0 spiro atoms. The fourth-order valence-electron chi connectivity index (χ4n) is 1.27. The summed E-state index contributed by atoms with van der Waals surface area (Å²) in [6.07, 6.45) is 0.680. The number of hydrogen-bond acceptors (Lipinski definition) is 3. The van der Waals surface area contributed by atoms with E-state index < -0.39 is 0 Å². The standard InChI is InChI=1S/C12H14BrClO3/c1-8(15)9-3-4-10(11(7-9)16-2)17-12(13)5-6-14/h3-4,7,12H,5-6H2,1-2H3. The van der Waals surface area contributed by atoms with E-state index in [9.17, 15) is 4.79 Å². The van der Waals surface area contributed by atoms with E-state index in [2.05, 4.69) is 15.9 Å². The van der Waals surface area contributed by atoms with Crippen LogP contribution in [0.5, 0.6) is 11.5 Å². The number of ketones is 1. The maximum Gasteiger partial charge on any atom is 0.162 e. The molecule has 0 N–H and O–H groups in total. The molecule has 3 nitrogen and oxygen atoms in total. The van der Waals surface area contributed by atoms with Gasteiger partial charge in [0.25, 0.3) is 0 Å². The summed E-state index contributed by atoms with van der Waals surface area (Å²) in [5, 5.41) is -0.169. The molecule has 0 saturated carbocycles. The van der Waals surface area contributed by atoms with E-state index in [1.165, 1.54) is 14.0 Å². The minimum atomic E-state index is -0.169. The van der Waals surface area contributed by atoms with Crippen LogP contribution in [-0.2, 0) is 0 Å². The van der Waals surface area contributed by atoms with Gasteiger partial charge in [-0.3, -0.25) is 4.79 Å². The zero-order chi connectivity index (χ0) is 12.8. The Kier molecular flexibility index (Phi) is 5.78. The third kappa shape index (κ3) is 4.21. The largest absolute Gasteiger partial charge is 0.493 e. The molecule has 1 aromatic rings. The molecule has 17 heavy (non-hydrogen) atoms. The summed E-state index contributed by atoms with van der Waals surface area (Å²) in [5.74, 6) is 1.62. The molecule has 1 aromatic carbocycles. The molecule has 0 saturated heterocycles. The van der Waals surface area contributed by atoms with E-state index in [4.69, 9.17) is 21.1 Å². The Morgan fingerprint density at radius 2 is 2.18 bits per heavy atom. The minimum Gasteiger partial charge on any atom is -0.493 e. The van der Waals surface area contributed by atoms with Gasteiger partial charge >= 0.3 is 0 Å². The van der Waals surface area contributed by atoms with Crippen LogP contribution >= 0.6 is 27.5 Å². The Morgan fingerprint density at radius 1 is 1.47 bits per heavy atom. The van der Waals surface area contributed by atoms with Gasteiger partial charge in [0.05, 0.1) is 7.11 Å². The third-order valence-electron chi connectivity index (χ3n) is 2.16. The quantitative estimate of drug-likeness (QED) is 0.593. The topological polar surface area (TPSA) is 35.5 Å². The highest BCUT2D eigenvalue weighted by Gasteiger charge is 2.12. The average Bonchev–Trinajstić information content (AvgIpc) is 2.29. The highest BCUT2D eigenvalue weighted by atomic mass is 79.9. The normalized spacial score (nSPS) is 12.0. The lowest BCUT2D eigenvalue weighted by atomic mass is 10.1. The van der Waals surface area contributed by atoms with Gasteiger partial charge in [-0.15, -0.1) is 11.6 Å². The van der Waals surface area contributed by atoms with E-state index in [0.717, 1.165) is 0 Å². The number of alkyl halides is 2. The Labute approximate surface area is 114 Å². The number of halogens is 2. The number of carbonyl (C=O) groups excluding carboxylic acids is 1. The first-order chi connectivity index (χ1) is 8.08. The summed E-state index contributed by atoms with van der Waals surface area (Å²) in [6, 6.07) is 5.09. The molecule has 5 heteroatoms. The van der Waals surface area contributed by atoms with Gasteiger partial charge in [0.15, 0.2) is 22.3 Å². The summed E-state index contributed by atoms with van der Waals surface area (Å²) < 4.78 is 10.8. The van der Waals surface area contributed by atoms with Gasteiger partial charge in [-0.25, -0.2) is 0 Å². The number of ether oxygens (including phenoxy) is 2. The highest BCUT2D eigenvalue weighted by molar-refractivity contribution is 9.09. The van der Waals surface area contributed by atoms with Gasteiger partial charge in [0.2, 0.25) is 0 Å². The number of methoxy groups -OCH3 is 1. The Morgan fingerprint density at radius 3 is 2.71 bits per heavy atom. The minimum absolute atomic E-state index is 0.00833. The summed E-state index contributed by atoms with van der Waals surface area (Å²) in [4.78, 5) is 11.2. The van der Waals surface area contributed by atoms with Crippen molar-refractivity contribution in [1.29, 1.82) is 0 Å². The highest BCUT2D eigenvalue weighted by Crippen LogP contribution is 2.30. The van der Waals surface area contributed by atoms with Crippen LogP contribution in [0.2, 0.25) is 0 Å². The molecule has 0 fully saturated rings. The van der Waals surface area contributed by atoms with E-state index in [1.807, 2.05) is 0 Å². The average molecular weight is 322 g/mol. The van der Waals surface area contributed by atoms with Gasteiger partial charge in [-0.05, 0) is 41.1 Å². The molecule has 0 amide bonds. The van der Waals surface area contributed by atoms with Gasteiger partial charge in [0, 0.05) is 17.9 Å². The van der Waals surface area contributed by atoms with Crippen molar-refractivity contribution in [1.82, 2.24) is 0 Å². The number of hydrogen-bond donors (Lipinski definition) is 0. The second-order valence-electron chi connectivity index (χ2n) is 3.43. The Bertz CT molecular complexity index is 395. The molecular weight excluding hydrogens is 307 g/mol. The Balaban J connectivity index is 2.88. The zero-order valence-corrected chi connectivity index (χ0v) is 12.0. The number of carbonyl (C=O) groups is 1. The third-order valence-corrected chi connectivity index (χ3v) is 3.02. The SMILES string of the molecule is COc1cc(C(C)=O)ccc1OC(Br)CCCl. The van der Waals surface area contributed by atoms with Crippen LogP contribution in [-0.4, -0.2) is 23.8 Å². The molecule has 0 aliphatic heterocycles. The van der Waals surface area contributed by atoms with Crippen molar-refractivity contribution in [3.8, 4) is 11.5 Å². The van der Waals surface area contributed by atoms with Crippen molar-refractivity contribution in [3.05, 3.63) is 23.8 Å². The summed E-state index contributed by atoms with van der Waals surface area (Å²) in [7, 11) is 1.54.